The molecular formula is C15H22NO2+. The molecule has 3 atom stereocenters. The highest BCUT2D eigenvalue weighted by atomic mass is 16.6. The van der Waals surface area contributed by atoms with Gasteiger partial charge in [-0.2, -0.15) is 0 Å². The number of likely N-dealkylation sites (N-methyl/N-ethyl adjacent to an activating group) is 1. The van der Waals surface area contributed by atoms with Crippen molar-refractivity contribution in [3.8, 4) is 0 Å². The Morgan fingerprint density at radius 3 is 2.61 bits per heavy atom. The average molecular weight is 248 g/mol. The van der Waals surface area contributed by atoms with Crippen LogP contribution in [-0.2, 0) is 15.1 Å². The van der Waals surface area contributed by atoms with E-state index in [0.29, 0.717) is 5.92 Å². The zero-order chi connectivity index (χ0) is 13.2. The van der Waals surface area contributed by atoms with E-state index in [1.165, 1.54) is 11.8 Å². The highest BCUT2D eigenvalue weighted by Crippen LogP contribution is 2.33. The summed E-state index contributed by atoms with van der Waals surface area (Å²) in [7, 11) is 2.16. The molecule has 1 aromatic carbocycles. The monoisotopic (exact) mass is 248 g/mol. The fraction of sp³-hybridized carbons (Fsp3) is 0.533. The molecular weight excluding hydrogens is 226 g/mol. The third-order valence-corrected chi connectivity index (χ3v) is 3.60. The summed E-state index contributed by atoms with van der Waals surface area (Å²) in [5, 5.41) is 0. The molecule has 1 aromatic rings. The zero-order valence-electron chi connectivity index (χ0n) is 11.4. The van der Waals surface area contributed by atoms with Crippen molar-refractivity contribution in [1.82, 2.24) is 0 Å². The number of quaternary nitrogens is 1. The summed E-state index contributed by atoms with van der Waals surface area (Å²) in [5.41, 5.74) is 0.667. The maximum atomic E-state index is 11.5. The van der Waals surface area contributed by atoms with Gasteiger partial charge in [-0.15, -0.1) is 0 Å². The van der Waals surface area contributed by atoms with Crippen LogP contribution in [0.15, 0.2) is 30.3 Å². The van der Waals surface area contributed by atoms with Crippen LogP contribution in [0, 0.1) is 5.92 Å². The predicted molar refractivity (Wildman–Crippen MR) is 70.3 cm³/mol. The smallest absolute Gasteiger partial charge is 0.303 e. The number of likely N-dealkylation sites (tertiary alicyclic amines) is 1. The third-order valence-electron chi connectivity index (χ3n) is 3.60. The Kier molecular flexibility index (Phi) is 3.71. The van der Waals surface area contributed by atoms with Gasteiger partial charge in [-0.3, -0.25) is 4.79 Å². The van der Waals surface area contributed by atoms with E-state index in [2.05, 4.69) is 26.1 Å². The molecule has 1 unspecified atom stereocenters. The van der Waals surface area contributed by atoms with Crippen molar-refractivity contribution >= 4 is 5.97 Å². The van der Waals surface area contributed by atoms with Gasteiger partial charge in [-0.25, -0.2) is 0 Å². The van der Waals surface area contributed by atoms with Crippen LogP contribution >= 0.6 is 0 Å². The van der Waals surface area contributed by atoms with Gasteiger partial charge in [0.05, 0.1) is 13.6 Å². The minimum Gasteiger partial charge on any atom is -0.448 e. The van der Waals surface area contributed by atoms with Gasteiger partial charge < -0.3 is 9.64 Å². The first-order valence-electron chi connectivity index (χ1n) is 6.58. The van der Waals surface area contributed by atoms with Crippen LogP contribution in [0.25, 0.3) is 0 Å². The van der Waals surface area contributed by atoms with E-state index in [-0.39, 0.29) is 5.97 Å². The van der Waals surface area contributed by atoms with E-state index in [1.807, 2.05) is 18.2 Å². The molecule has 0 saturated carbocycles. The second kappa shape index (κ2) is 5.11. The molecule has 0 radical (unpaired) electrons. The summed E-state index contributed by atoms with van der Waals surface area (Å²) in [6.07, 6.45) is 0.911. The quantitative estimate of drug-likeness (QED) is 0.792. The van der Waals surface area contributed by atoms with E-state index in [0.717, 1.165) is 25.1 Å². The maximum Gasteiger partial charge on any atom is 0.303 e. The Labute approximate surface area is 109 Å². The lowest BCUT2D eigenvalue weighted by molar-refractivity contribution is -0.897. The molecule has 1 aliphatic rings. The molecule has 0 aliphatic carbocycles. The number of carbonyl (C=O) groups is 1. The van der Waals surface area contributed by atoms with Gasteiger partial charge in [0.2, 0.25) is 0 Å². The van der Waals surface area contributed by atoms with Gasteiger partial charge >= 0.3 is 5.97 Å². The Bertz CT molecular complexity index is 406. The van der Waals surface area contributed by atoms with Crippen LogP contribution in [0.2, 0.25) is 0 Å². The largest absolute Gasteiger partial charge is 0.448 e. The van der Waals surface area contributed by atoms with Gasteiger partial charge in [-0.1, -0.05) is 37.3 Å². The first-order chi connectivity index (χ1) is 8.52. The zero-order valence-corrected chi connectivity index (χ0v) is 11.4. The molecule has 0 amide bonds. The summed E-state index contributed by atoms with van der Waals surface area (Å²) >= 11 is 0. The van der Waals surface area contributed by atoms with Crippen LogP contribution in [0.4, 0.5) is 0 Å². The molecule has 1 aliphatic heterocycles. The summed E-state index contributed by atoms with van der Waals surface area (Å²) < 4.78 is 5.75. The Morgan fingerprint density at radius 1 is 1.39 bits per heavy atom. The molecule has 3 nitrogen and oxygen atoms in total. The lowest BCUT2D eigenvalue weighted by atomic mass is 9.81. The second-order valence-corrected chi connectivity index (χ2v) is 5.60. The third kappa shape index (κ3) is 2.72. The molecule has 1 saturated heterocycles. The fourth-order valence-electron chi connectivity index (χ4n) is 3.24. The van der Waals surface area contributed by atoms with Crippen molar-refractivity contribution in [1.29, 1.82) is 0 Å². The fourth-order valence-corrected chi connectivity index (χ4v) is 3.24. The number of ether oxygens (including phenoxy) is 1. The molecule has 0 aromatic heterocycles. The van der Waals surface area contributed by atoms with Crippen LogP contribution < -0.4 is 4.90 Å². The van der Waals surface area contributed by atoms with Gasteiger partial charge in [0.25, 0.3) is 0 Å². The Hall–Kier alpha value is -1.35. The number of benzene rings is 1. The van der Waals surface area contributed by atoms with Crippen molar-refractivity contribution in [2.75, 3.05) is 20.1 Å². The minimum absolute atomic E-state index is 0.194. The Balaban J connectivity index is 2.37. The number of carbonyl (C=O) groups excluding carboxylic acids is 1. The van der Waals surface area contributed by atoms with Crippen LogP contribution in [0.1, 0.15) is 25.8 Å². The number of hydrogen-bond acceptors (Lipinski definition) is 2. The van der Waals surface area contributed by atoms with Gasteiger partial charge in [0.1, 0.15) is 6.54 Å². The van der Waals surface area contributed by atoms with E-state index in [1.54, 1.807) is 0 Å². The number of rotatable bonds is 2. The molecule has 1 N–H and O–H groups in total. The topological polar surface area (TPSA) is 30.7 Å². The van der Waals surface area contributed by atoms with Crippen molar-refractivity contribution in [3.05, 3.63) is 35.9 Å². The summed E-state index contributed by atoms with van der Waals surface area (Å²) in [5.74, 6) is 0.360. The van der Waals surface area contributed by atoms with E-state index in [4.69, 9.17) is 4.74 Å². The molecule has 1 heterocycles. The lowest BCUT2D eigenvalue weighted by Gasteiger charge is -2.41. The molecule has 1 fully saturated rings. The van der Waals surface area contributed by atoms with E-state index < -0.39 is 5.60 Å². The number of nitrogens with one attached hydrogen (secondary N) is 1. The molecule has 18 heavy (non-hydrogen) atoms. The molecule has 0 bridgehead atoms. The standard InChI is InChI=1S/C15H21NO2/c1-12-9-15(18-13(2)17,11-16(3)10-12)14-7-5-4-6-8-14/h4-8,12H,9-11H2,1-3H3/p+1/t12-,15+/m1/s1. The minimum atomic E-state index is -0.450. The van der Waals surface area contributed by atoms with Gasteiger partial charge in [-0.05, 0) is 0 Å². The Morgan fingerprint density at radius 2 is 2.06 bits per heavy atom. The van der Waals surface area contributed by atoms with Gasteiger partial charge in [0.15, 0.2) is 5.60 Å². The summed E-state index contributed by atoms with van der Waals surface area (Å²) in [6, 6.07) is 10.1. The summed E-state index contributed by atoms with van der Waals surface area (Å²) in [6.45, 7) is 5.71. The number of hydrogen-bond donors (Lipinski definition) is 1. The van der Waals surface area contributed by atoms with E-state index in [9.17, 15) is 4.79 Å². The maximum absolute atomic E-state index is 11.5. The SMILES string of the molecule is CC(=O)O[C@@]1(c2ccccc2)C[C@@H](C)C[NH+](C)C1. The van der Waals surface area contributed by atoms with Gasteiger partial charge in [0, 0.05) is 24.8 Å². The van der Waals surface area contributed by atoms with Crippen LogP contribution in [-0.4, -0.2) is 26.1 Å². The van der Waals surface area contributed by atoms with Crippen LogP contribution in [0.5, 0.6) is 0 Å². The highest BCUT2D eigenvalue weighted by Gasteiger charge is 2.44. The first kappa shape index (κ1) is 13.1. The highest BCUT2D eigenvalue weighted by molar-refractivity contribution is 5.67. The van der Waals surface area contributed by atoms with Crippen molar-refractivity contribution < 1.29 is 14.4 Å². The molecule has 0 spiro atoms. The number of esters is 1. The van der Waals surface area contributed by atoms with Crippen molar-refractivity contribution in [3.63, 3.8) is 0 Å². The summed E-state index contributed by atoms with van der Waals surface area (Å²) in [4.78, 5) is 12.9. The van der Waals surface area contributed by atoms with Crippen molar-refractivity contribution in [2.24, 2.45) is 5.92 Å². The van der Waals surface area contributed by atoms with Crippen LogP contribution in [0.3, 0.4) is 0 Å². The predicted octanol–water partition coefficient (Wildman–Crippen LogP) is 0.999. The second-order valence-electron chi connectivity index (χ2n) is 5.60. The first-order valence-corrected chi connectivity index (χ1v) is 6.58. The number of piperidine rings is 1. The molecule has 2 rings (SSSR count). The normalized spacial score (nSPS) is 31.9. The molecule has 98 valence electrons. The lowest BCUT2D eigenvalue weighted by Crippen LogP contribution is -3.12. The molecule has 3 heteroatoms. The van der Waals surface area contributed by atoms with E-state index >= 15 is 0 Å². The van der Waals surface area contributed by atoms with Crippen molar-refractivity contribution in [2.45, 2.75) is 25.9 Å². The average Bonchev–Trinajstić information content (AvgIpc) is 2.27.